The molecule has 108 valence electrons. The van der Waals surface area contributed by atoms with Crippen LogP contribution in [0.4, 0.5) is 5.69 Å². The Bertz CT molecular complexity index is 717. The molecule has 0 atom stereocenters. The summed E-state index contributed by atoms with van der Waals surface area (Å²) < 4.78 is 1.70. The Labute approximate surface area is 121 Å². The molecule has 2 rings (SSSR count). The van der Waals surface area contributed by atoms with E-state index in [-0.39, 0.29) is 5.91 Å². The highest BCUT2D eigenvalue weighted by Gasteiger charge is 2.10. The number of amides is 1. The predicted octanol–water partition coefficient (Wildman–Crippen LogP) is 2.08. The van der Waals surface area contributed by atoms with Gasteiger partial charge in [0.2, 0.25) is 0 Å². The van der Waals surface area contributed by atoms with E-state index >= 15 is 0 Å². The van der Waals surface area contributed by atoms with Crippen LogP contribution in [0.2, 0.25) is 0 Å². The molecule has 6 nitrogen and oxygen atoms in total. The number of nitrogens with zero attached hydrogens (tertiary/aromatic N) is 2. The van der Waals surface area contributed by atoms with Crippen molar-refractivity contribution in [2.24, 2.45) is 7.05 Å². The van der Waals surface area contributed by atoms with Gasteiger partial charge in [-0.2, -0.15) is 0 Å². The van der Waals surface area contributed by atoms with Crippen molar-refractivity contribution in [1.82, 2.24) is 9.55 Å². The van der Waals surface area contributed by atoms with Gasteiger partial charge in [0.05, 0.1) is 6.33 Å². The number of carbonyl (C=O) groups is 2. The molecule has 2 N–H and O–H groups in total. The standard InChI is InChI=1S/C15H15N3O3/c1-10-7-11(4-6-14(19)20)3-5-12(10)17-15(21)13-8-18(2)9-16-13/h3-9H,1-2H3,(H,17,21)(H,19,20)/b6-4+. The van der Waals surface area contributed by atoms with E-state index in [0.717, 1.165) is 17.2 Å². The van der Waals surface area contributed by atoms with Crippen LogP contribution in [0.15, 0.2) is 36.8 Å². The van der Waals surface area contributed by atoms with E-state index in [9.17, 15) is 9.59 Å². The van der Waals surface area contributed by atoms with Gasteiger partial charge >= 0.3 is 5.97 Å². The first kappa shape index (κ1) is 14.5. The number of aromatic nitrogens is 2. The normalized spacial score (nSPS) is 10.8. The van der Waals surface area contributed by atoms with Crippen molar-refractivity contribution in [3.63, 3.8) is 0 Å². The largest absolute Gasteiger partial charge is 0.478 e. The van der Waals surface area contributed by atoms with Gasteiger partial charge in [0, 0.05) is 25.0 Å². The molecule has 0 saturated carbocycles. The Kier molecular flexibility index (Phi) is 4.18. The zero-order chi connectivity index (χ0) is 15.4. The lowest BCUT2D eigenvalue weighted by atomic mass is 10.1. The van der Waals surface area contributed by atoms with Crippen LogP contribution >= 0.6 is 0 Å². The van der Waals surface area contributed by atoms with Gasteiger partial charge in [0.15, 0.2) is 0 Å². The molecule has 1 aromatic carbocycles. The van der Waals surface area contributed by atoms with E-state index < -0.39 is 5.97 Å². The maximum absolute atomic E-state index is 12.0. The summed E-state index contributed by atoms with van der Waals surface area (Å²) in [4.78, 5) is 26.5. The van der Waals surface area contributed by atoms with Gasteiger partial charge in [-0.3, -0.25) is 4.79 Å². The van der Waals surface area contributed by atoms with E-state index in [1.54, 1.807) is 42.3 Å². The molecule has 0 radical (unpaired) electrons. The molecule has 0 aliphatic carbocycles. The van der Waals surface area contributed by atoms with Crippen LogP contribution in [0.3, 0.4) is 0 Å². The van der Waals surface area contributed by atoms with E-state index in [1.165, 1.54) is 6.08 Å². The molecule has 0 spiro atoms. The third-order valence-corrected chi connectivity index (χ3v) is 2.85. The first-order chi connectivity index (χ1) is 9.95. The summed E-state index contributed by atoms with van der Waals surface area (Å²) >= 11 is 0. The zero-order valence-electron chi connectivity index (χ0n) is 11.7. The topological polar surface area (TPSA) is 84.2 Å². The highest BCUT2D eigenvalue weighted by Crippen LogP contribution is 2.18. The maximum atomic E-state index is 12.0. The maximum Gasteiger partial charge on any atom is 0.328 e. The molecule has 2 aromatic rings. The van der Waals surface area contributed by atoms with Crippen molar-refractivity contribution >= 4 is 23.6 Å². The number of carboxylic acids is 1. The number of benzene rings is 1. The van der Waals surface area contributed by atoms with Crippen LogP contribution in [0, 0.1) is 6.92 Å². The van der Waals surface area contributed by atoms with Crippen molar-refractivity contribution in [1.29, 1.82) is 0 Å². The van der Waals surface area contributed by atoms with Gasteiger partial charge < -0.3 is 15.0 Å². The van der Waals surface area contributed by atoms with Crippen LogP contribution in [0.1, 0.15) is 21.6 Å². The van der Waals surface area contributed by atoms with Crippen molar-refractivity contribution in [3.05, 3.63) is 53.6 Å². The van der Waals surface area contributed by atoms with Gasteiger partial charge in [-0.25, -0.2) is 9.78 Å². The number of carbonyl (C=O) groups excluding carboxylic acids is 1. The highest BCUT2D eigenvalue weighted by atomic mass is 16.4. The smallest absolute Gasteiger partial charge is 0.328 e. The number of carboxylic acid groups (broad SMARTS) is 1. The molecular weight excluding hydrogens is 270 g/mol. The summed E-state index contributed by atoms with van der Waals surface area (Å²) in [5.74, 6) is -1.28. The zero-order valence-corrected chi connectivity index (χ0v) is 11.7. The number of anilines is 1. The predicted molar refractivity (Wildman–Crippen MR) is 79.0 cm³/mol. The SMILES string of the molecule is Cc1cc(/C=C/C(=O)O)ccc1NC(=O)c1cn(C)cn1. The first-order valence-corrected chi connectivity index (χ1v) is 6.26. The van der Waals surface area contributed by atoms with Crippen molar-refractivity contribution in [2.45, 2.75) is 6.92 Å². The average Bonchev–Trinajstić information content (AvgIpc) is 2.86. The number of imidazole rings is 1. The number of hydrogen-bond donors (Lipinski definition) is 2. The van der Waals surface area contributed by atoms with Crippen LogP contribution in [-0.2, 0) is 11.8 Å². The minimum atomic E-state index is -1.000. The summed E-state index contributed by atoms with van der Waals surface area (Å²) in [6.45, 7) is 1.84. The van der Waals surface area contributed by atoms with E-state index in [2.05, 4.69) is 10.3 Å². The molecule has 0 saturated heterocycles. The van der Waals surface area contributed by atoms with E-state index in [4.69, 9.17) is 5.11 Å². The lowest BCUT2D eigenvalue weighted by molar-refractivity contribution is -0.131. The van der Waals surface area contributed by atoms with E-state index in [1.807, 2.05) is 6.92 Å². The van der Waals surface area contributed by atoms with Gasteiger partial charge in [0.25, 0.3) is 5.91 Å². The van der Waals surface area contributed by atoms with Crippen molar-refractivity contribution in [2.75, 3.05) is 5.32 Å². The lowest BCUT2D eigenvalue weighted by Gasteiger charge is -2.08. The Balaban J connectivity index is 2.14. The third-order valence-electron chi connectivity index (χ3n) is 2.85. The summed E-state index contributed by atoms with van der Waals surface area (Å²) in [5, 5.41) is 11.4. The van der Waals surface area contributed by atoms with Crippen LogP contribution in [0.5, 0.6) is 0 Å². The molecule has 0 bridgehead atoms. The number of hydrogen-bond acceptors (Lipinski definition) is 3. The minimum Gasteiger partial charge on any atom is -0.478 e. The highest BCUT2D eigenvalue weighted by molar-refractivity contribution is 6.03. The number of nitrogens with one attached hydrogen (secondary N) is 1. The first-order valence-electron chi connectivity index (χ1n) is 6.26. The molecular formula is C15H15N3O3. The Hall–Kier alpha value is -2.89. The molecule has 21 heavy (non-hydrogen) atoms. The second-order valence-corrected chi connectivity index (χ2v) is 4.62. The Morgan fingerprint density at radius 2 is 2.14 bits per heavy atom. The van der Waals surface area contributed by atoms with Gasteiger partial charge in [-0.15, -0.1) is 0 Å². The van der Waals surface area contributed by atoms with Gasteiger partial charge in [-0.1, -0.05) is 6.07 Å². The van der Waals surface area contributed by atoms with Crippen molar-refractivity contribution in [3.8, 4) is 0 Å². The fourth-order valence-electron chi connectivity index (χ4n) is 1.81. The lowest BCUT2D eigenvalue weighted by Crippen LogP contribution is -2.13. The van der Waals surface area contributed by atoms with Gasteiger partial charge in [0.1, 0.15) is 5.69 Å². The van der Waals surface area contributed by atoms with E-state index in [0.29, 0.717) is 11.4 Å². The fraction of sp³-hybridized carbons (Fsp3) is 0.133. The van der Waals surface area contributed by atoms with Crippen molar-refractivity contribution < 1.29 is 14.7 Å². The fourth-order valence-corrected chi connectivity index (χ4v) is 1.81. The monoisotopic (exact) mass is 285 g/mol. The minimum absolute atomic E-state index is 0.285. The van der Waals surface area contributed by atoms with Crippen LogP contribution in [-0.4, -0.2) is 26.5 Å². The van der Waals surface area contributed by atoms with Gasteiger partial charge in [-0.05, 0) is 36.3 Å². The summed E-state index contributed by atoms with van der Waals surface area (Å²) in [5.41, 5.74) is 2.60. The number of aliphatic carboxylic acids is 1. The summed E-state index contributed by atoms with van der Waals surface area (Å²) in [6.07, 6.45) is 5.76. The summed E-state index contributed by atoms with van der Waals surface area (Å²) in [7, 11) is 1.79. The molecule has 0 fully saturated rings. The van der Waals surface area contributed by atoms with Crippen LogP contribution < -0.4 is 5.32 Å². The Morgan fingerprint density at radius 3 is 2.71 bits per heavy atom. The Morgan fingerprint density at radius 1 is 1.38 bits per heavy atom. The molecule has 0 aliphatic rings. The number of aryl methyl sites for hydroxylation is 2. The average molecular weight is 285 g/mol. The molecule has 0 aliphatic heterocycles. The molecule has 6 heteroatoms. The molecule has 1 aromatic heterocycles. The van der Waals surface area contributed by atoms with Crippen LogP contribution in [0.25, 0.3) is 6.08 Å². The number of rotatable bonds is 4. The second kappa shape index (κ2) is 6.04. The third kappa shape index (κ3) is 3.79. The second-order valence-electron chi connectivity index (χ2n) is 4.62. The quantitative estimate of drug-likeness (QED) is 0.842. The molecule has 1 amide bonds. The molecule has 1 heterocycles. The molecule has 0 unspecified atom stereocenters. The summed E-state index contributed by atoms with van der Waals surface area (Å²) in [6, 6.07) is 5.27.